The van der Waals surface area contributed by atoms with Gasteiger partial charge in [0.05, 0.1) is 10.7 Å². The standard InChI is InChI=1S/C21H22ClN3O3/c1-24(2)21(28)16-8-9-17(22)18(12-16)23-20(27)15-6-3-5-14(11-15)13-25-10-4-7-19(25)26/h3,5-6,8-9,11-12H,4,7,10,13H2,1-2H3,(H,23,27). The van der Waals surface area contributed by atoms with Crippen molar-refractivity contribution < 1.29 is 14.4 Å². The molecule has 0 atom stereocenters. The smallest absolute Gasteiger partial charge is 0.255 e. The van der Waals surface area contributed by atoms with Crippen molar-refractivity contribution in [3.05, 3.63) is 64.2 Å². The molecule has 146 valence electrons. The molecule has 1 aliphatic heterocycles. The largest absolute Gasteiger partial charge is 0.345 e. The highest BCUT2D eigenvalue weighted by Crippen LogP contribution is 2.24. The van der Waals surface area contributed by atoms with Crippen LogP contribution in [-0.2, 0) is 11.3 Å². The van der Waals surface area contributed by atoms with Gasteiger partial charge < -0.3 is 15.1 Å². The van der Waals surface area contributed by atoms with E-state index in [0.717, 1.165) is 18.5 Å². The second kappa shape index (κ2) is 8.44. The molecule has 2 aromatic carbocycles. The number of carbonyl (C=O) groups excluding carboxylic acids is 3. The number of nitrogens with zero attached hydrogens (tertiary/aromatic N) is 2. The van der Waals surface area contributed by atoms with Gasteiger partial charge in [0, 0.05) is 44.7 Å². The fourth-order valence-electron chi connectivity index (χ4n) is 3.11. The Bertz CT molecular complexity index is 927. The van der Waals surface area contributed by atoms with Crippen LogP contribution in [0, 0.1) is 0 Å². The Balaban J connectivity index is 1.76. The van der Waals surface area contributed by atoms with Crippen molar-refractivity contribution in [2.45, 2.75) is 19.4 Å². The molecule has 1 fully saturated rings. The lowest BCUT2D eigenvalue weighted by atomic mass is 10.1. The maximum atomic E-state index is 12.7. The molecule has 0 unspecified atom stereocenters. The third-order valence-corrected chi connectivity index (χ3v) is 4.93. The van der Waals surface area contributed by atoms with Gasteiger partial charge in [-0.1, -0.05) is 23.7 Å². The summed E-state index contributed by atoms with van der Waals surface area (Å²) < 4.78 is 0. The molecule has 1 saturated heterocycles. The third-order valence-electron chi connectivity index (χ3n) is 4.60. The van der Waals surface area contributed by atoms with Crippen LogP contribution in [0.1, 0.15) is 39.1 Å². The van der Waals surface area contributed by atoms with Gasteiger partial charge in [0.25, 0.3) is 11.8 Å². The number of carbonyl (C=O) groups is 3. The van der Waals surface area contributed by atoms with E-state index in [4.69, 9.17) is 11.6 Å². The number of likely N-dealkylation sites (tertiary alicyclic amines) is 1. The minimum absolute atomic E-state index is 0.143. The summed E-state index contributed by atoms with van der Waals surface area (Å²) in [6.45, 7) is 1.24. The van der Waals surface area contributed by atoms with Crippen LogP contribution in [0.5, 0.6) is 0 Å². The predicted octanol–water partition coefficient (Wildman–Crippen LogP) is 3.42. The van der Waals surface area contributed by atoms with Crippen LogP contribution >= 0.6 is 11.6 Å². The molecule has 7 heteroatoms. The second-order valence-electron chi connectivity index (χ2n) is 6.97. The minimum Gasteiger partial charge on any atom is -0.345 e. The number of anilines is 1. The Hall–Kier alpha value is -2.86. The number of amides is 3. The van der Waals surface area contributed by atoms with Crippen LogP contribution in [-0.4, -0.2) is 48.2 Å². The molecule has 3 rings (SSSR count). The molecule has 0 aliphatic carbocycles. The molecule has 0 radical (unpaired) electrons. The SMILES string of the molecule is CN(C)C(=O)c1ccc(Cl)c(NC(=O)c2cccc(CN3CCCC3=O)c2)c1. The number of rotatable bonds is 5. The molecule has 0 saturated carbocycles. The van der Waals surface area contributed by atoms with Crippen LogP contribution in [0.2, 0.25) is 5.02 Å². The molecule has 1 aliphatic rings. The first-order valence-electron chi connectivity index (χ1n) is 9.04. The second-order valence-corrected chi connectivity index (χ2v) is 7.37. The van der Waals surface area contributed by atoms with E-state index in [0.29, 0.717) is 34.8 Å². The van der Waals surface area contributed by atoms with Gasteiger partial charge in [0.2, 0.25) is 5.91 Å². The summed E-state index contributed by atoms with van der Waals surface area (Å²) in [5.74, 6) is -0.362. The van der Waals surface area contributed by atoms with E-state index < -0.39 is 0 Å². The molecule has 0 bridgehead atoms. The lowest BCUT2D eigenvalue weighted by molar-refractivity contribution is -0.128. The van der Waals surface area contributed by atoms with E-state index in [1.54, 1.807) is 55.4 Å². The van der Waals surface area contributed by atoms with Crippen LogP contribution in [0.4, 0.5) is 5.69 Å². The lowest BCUT2D eigenvalue weighted by Gasteiger charge is -2.16. The van der Waals surface area contributed by atoms with Gasteiger partial charge in [-0.25, -0.2) is 0 Å². The number of hydrogen-bond donors (Lipinski definition) is 1. The molecular weight excluding hydrogens is 378 g/mol. The molecule has 28 heavy (non-hydrogen) atoms. The Morgan fingerprint density at radius 1 is 1.14 bits per heavy atom. The summed E-state index contributed by atoms with van der Waals surface area (Å²) in [4.78, 5) is 39.9. The maximum Gasteiger partial charge on any atom is 0.255 e. The number of hydrogen-bond acceptors (Lipinski definition) is 3. The van der Waals surface area contributed by atoms with Gasteiger partial charge in [-0.2, -0.15) is 0 Å². The highest BCUT2D eigenvalue weighted by Gasteiger charge is 2.20. The zero-order valence-electron chi connectivity index (χ0n) is 15.9. The molecule has 2 aromatic rings. The molecule has 1 heterocycles. The van der Waals surface area contributed by atoms with Crippen molar-refractivity contribution in [1.82, 2.24) is 9.80 Å². The van der Waals surface area contributed by atoms with Crippen molar-refractivity contribution in [3.63, 3.8) is 0 Å². The van der Waals surface area contributed by atoms with E-state index in [2.05, 4.69) is 5.32 Å². The fraction of sp³-hybridized carbons (Fsp3) is 0.286. The van der Waals surface area contributed by atoms with Crippen molar-refractivity contribution >= 4 is 35.0 Å². The Labute approximate surface area is 169 Å². The van der Waals surface area contributed by atoms with Gasteiger partial charge in [0.1, 0.15) is 0 Å². The average Bonchev–Trinajstić information content (AvgIpc) is 3.07. The maximum absolute atomic E-state index is 12.7. The van der Waals surface area contributed by atoms with Crippen LogP contribution < -0.4 is 5.32 Å². The number of benzene rings is 2. The fourth-order valence-corrected chi connectivity index (χ4v) is 3.27. The quantitative estimate of drug-likeness (QED) is 0.837. The van der Waals surface area contributed by atoms with Crippen molar-refractivity contribution in [3.8, 4) is 0 Å². The molecule has 6 nitrogen and oxygen atoms in total. The highest BCUT2D eigenvalue weighted by atomic mass is 35.5. The summed E-state index contributed by atoms with van der Waals surface area (Å²) in [7, 11) is 3.32. The third kappa shape index (κ3) is 4.51. The van der Waals surface area contributed by atoms with Crippen LogP contribution in [0.25, 0.3) is 0 Å². The zero-order chi connectivity index (χ0) is 20.3. The minimum atomic E-state index is -0.328. The van der Waals surface area contributed by atoms with Crippen LogP contribution in [0.3, 0.4) is 0 Å². The zero-order valence-corrected chi connectivity index (χ0v) is 16.6. The first-order chi connectivity index (χ1) is 13.3. The Morgan fingerprint density at radius 2 is 1.93 bits per heavy atom. The van der Waals surface area contributed by atoms with E-state index in [1.165, 1.54) is 4.90 Å². The van der Waals surface area contributed by atoms with Gasteiger partial charge in [0.15, 0.2) is 0 Å². The summed E-state index contributed by atoms with van der Waals surface area (Å²) >= 11 is 6.19. The molecule has 1 N–H and O–H groups in total. The summed E-state index contributed by atoms with van der Waals surface area (Å²) in [6, 6.07) is 11.9. The van der Waals surface area contributed by atoms with Crippen molar-refractivity contribution in [2.24, 2.45) is 0 Å². The predicted molar refractivity (Wildman–Crippen MR) is 109 cm³/mol. The molecule has 3 amide bonds. The number of nitrogens with one attached hydrogen (secondary N) is 1. The van der Waals surface area contributed by atoms with Crippen LogP contribution in [0.15, 0.2) is 42.5 Å². The number of halogens is 1. The first kappa shape index (κ1) is 19.9. The average molecular weight is 400 g/mol. The van der Waals surface area contributed by atoms with E-state index >= 15 is 0 Å². The highest BCUT2D eigenvalue weighted by molar-refractivity contribution is 6.34. The van der Waals surface area contributed by atoms with E-state index in [1.807, 2.05) is 6.07 Å². The summed E-state index contributed by atoms with van der Waals surface area (Å²) in [6.07, 6.45) is 1.46. The van der Waals surface area contributed by atoms with E-state index in [-0.39, 0.29) is 17.7 Å². The van der Waals surface area contributed by atoms with Gasteiger partial charge in [-0.3, -0.25) is 14.4 Å². The summed E-state index contributed by atoms with van der Waals surface area (Å²) in [5.41, 5.74) is 2.17. The van der Waals surface area contributed by atoms with Gasteiger partial charge in [-0.05, 0) is 42.3 Å². The monoisotopic (exact) mass is 399 g/mol. The Morgan fingerprint density at radius 3 is 2.61 bits per heavy atom. The van der Waals surface area contributed by atoms with E-state index in [9.17, 15) is 14.4 Å². The summed E-state index contributed by atoms with van der Waals surface area (Å²) in [5, 5.41) is 3.12. The molecular formula is C21H22ClN3O3. The normalized spacial score (nSPS) is 13.5. The lowest BCUT2D eigenvalue weighted by Crippen LogP contribution is -2.24. The van der Waals surface area contributed by atoms with Gasteiger partial charge >= 0.3 is 0 Å². The van der Waals surface area contributed by atoms with Crippen molar-refractivity contribution in [2.75, 3.05) is 26.0 Å². The van der Waals surface area contributed by atoms with Gasteiger partial charge in [-0.15, -0.1) is 0 Å². The molecule has 0 spiro atoms. The molecule has 0 aromatic heterocycles. The Kier molecular flexibility index (Phi) is 5.99. The first-order valence-corrected chi connectivity index (χ1v) is 9.42. The van der Waals surface area contributed by atoms with Crippen molar-refractivity contribution in [1.29, 1.82) is 0 Å². The topological polar surface area (TPSA) is 69.7 Å².